The average Bonchev–Trinajstić information content (AvgIpc) is 2.83. The van der Waals surface area contributed by atoms with Gasteiger partial charge in [0.2, 0.25) is 0 Å². The van der Waals surface area contributed by atoms with E-state index in [-0.39, 0.29) is 23.7 Å². The van der Waals surface area contributed by atoms with Gasteiger partial charge in [-0.1, -0.05) is 13.0 Å². The van der Waals surface area contributed by atoms with Gasteiger partial charge in [0.1, 0.15) is 41.1 Å². The first kappa shape index (κ1) is 24.7. The van der Waals surface area contributed by atoms with Gasteiger partial charge in [-0.3, -0.25) is 9.78 Å². The highest BCUT2D eigenvalue weighted by molar-refractivity contribution is 6.03. The van der Waals surface area contributed by atoms with Crippen molar-refractivity contribution in [3.8, 4) is 11.3 Å². The fourth-order valence-corrected chi connectivity index (χ4v) is 4.52. The molecular weight excluding hydrogens is 466 g/mol. The number of alkyl halides is 1. The maximum Gasteiger partial charge on any atom is 0.274 e. The van der Waals surface area contributed by atoms with Crippen LogP contribution in [0.25, 0.3) is 11.3 Å². The van der Waals surface area contributed by atoms with Crippen molar-refractivity contribution in [2.24, 2.45) is 5.92 Å². The van der Waals surface area contributed by atoms with E-state index in [1.54, 1.807) is 13.0 Å². The van der Waals surface area contributed by atoms with Crippen molar-refractivity contribution in [3.05, 3.63) is 77.5 Å². The van der Waals surface area contributed by atoms with E-state index in [9.17, 15) is 32.6 Å². The third kappa shape index (κ3) is 4.63. The molecular formula is C25H23F4N3O3. The van der Waals surface area contributed by atoms with E-state index in [0.29, 0.717) is 12.0 Å². The zero-order valence-corrected chi connectivity index (χ0v) is 18.7. The maximum atomic E-state index is 14.4. The van der Waals surface area contributed by atoms with Crippen molar-refractivity contribution >= 4 is 11.6 Å². The third-order valence-corrected chi connectivity index (χ3v) is 6.61. The second kappa shape index (κ2) is 9.71. The monoisotopic (exact) mass is 489 g/mol. The van der Waals surface area contributed by atoms with E-state index in [1.165, 1.54) is 12.4 Å². The summed E-state index contributed by atoms with van der Waals surface area (Å²) in [5.41, 5.74) is -2.59. The molecule has 1 amide bonds. The highest BCUT2D eigenvalue weighted by atomic mass is 19.1. The minimum atomic E-state index is -1.84. The Morgan fingerprint density at radius 3 is 2.49 bits per heavy atom. The number of benzene rings is 1. The molecule has 0 spiro atoms. The van der Waals surface area contributed by atoms with Gasteiger partial charge in [-0.05, 0) is 60.6 Å². The summed E-state index contributed by atoms with van der Waals surface area (Å²) in [7, 11) is 0. The molecule has 0 saturated heterocycles. The van der Waals surface area contributed by atoms with Crippen molar-refractivity contribution in [1.29, 1.82) is 0 Å². The summed E-state index contributed by atoms with van der Waals surface area (Å²) >= 11 is 0. The predicted octanol–water partition coefficient (Wildman–Crippen LogP) is 4.39. The number of halogens is 4. The lowest BCUT2D eigenvalue weighted by Gasteiger charge is -2.43. The zero-order chi connectivity index (χ0) is 25.3. The van der Waals surface area contributed by atoms with Gasteiger partial charge < -0.3 is 15.5 Å². The first-order valence-corrected chi connectivity index (χ1v) is 11.0. The number of aliphatic hydroxyl groups excluding tert-OH is 1. The molecule has 3 aromatic rings. The number of nitrogens with zero attached hydrogens (tertiary/aromatic N) is 2. The van der Waals surface area contributed by atoms with Crippen molar-refractivity contribution in [1.82, 2.24) is 9.97 Å². The smallest absolute Gasteiger partial charge is 0.274 e. The molecule has 4 rings (SSSR count). The topological polar surface area (TPSA) is 95.3 Å². The molecule has 1 fully saturated rings. The lowest BCUT2D eigenvalue weighted by Crippen LogP contribution is -2.53. The van der Waals surface area contributed by atoms with Crippen molar-refractivity contribution in [2.75, 3.05) is 12.0 Å². The summed E-state index contributed by atoms with van der Waals surface area (Å²) < 4.78 is 56.1. The Labute approximate surface area is 198 Å². The summed E-state index contributed by atoms with van der Waals surface area (Å²) in [5.74, 6) is -4.71. The van der Waals surface area contributed by atoms with Gasteiger partial charge in [-0.15, -0.1) is 0 Å². The Morgan fingerprint density at radius 2 is 1.83 bits per heavy atom. The van der Waals surface area contributed by atoms with Crippen molar-refractivity contribution in [3.63, 3.8) is 0 Å². The molecule has 0 unspecified atom stereocenters. The number of carbonyl (C=O) groups is 1. The molecule has 10 heteroatoms. The minimum Gasteiger partial charge on any atom is -0.390 e. The normalized spacial score (nSPS) is 24.3. The number of pyridine rings is 2. The minimum absolute atomic E-state index is 0.0587. The number of aliphatic hydroxyl groups is 2. The van der Waals surface area contributed by atoms with Crippen LogP contribution >= 0.6 is 0 Å². The van der Waals surface area contributed by atoms with E-state index in [0.717, 1.165) is 30.3 Å². The molecule has 1 saturated carbocycles. The Balaban J connectivity index is 1.62. The van der Waals surface area contributed by atoms with E-state index >= 15 is 0 Å². The zero-order valence-electron chi connectivity index (χ0n) is 18.7. The molecule has 4 atom stereocenters. The van der Waals surface area contributed by atoms with Crippen LogP contribution in [-0.4, -0.2) is 44.5 Å². The van der Waals surface area contributed by atoms with Crippen LogP contribution < -0.4 is 5.32 Å². The molecule has 184 valence electrons. The average molecular weight is 489 g/mol. The van der Waals surface area contributed by atoms with E-state index in [1.807, 2.05) is 0 Å². The first-order valence-electron chi connectivity index (χ1n) is 11.0. The van der Waals surface area contributed by atoms with Crippen LogP contribution in [0.4, 0.5) is 23.2 Å². The highest BCUT2D eigenvalue weighted by Gasteiger charge is 2.47. The van der Waals surface area contributed by atoms with Gasteiger partial charge in [0, 0.05) is 6.20 Å². The molecule has 1 aliphatic rings. The Hall–Kier alpha value is -3.37. The maximum absolute atomic E-state index is 14.4. The van der Waals surface area contributed by atoms with Crippen LogP contribution in [0.1, 0.15) is 41.7 Å². The van der Waals surface area contributed by atoms with Crippen LogP contribution in [0, 0.1) is 23.4 Å². The highest BCUT2D eigenvalue weighted by Crippen LogP contribution is 2.44. The van der Waals surface area contributed by atoms with Crippen molar-refractivity contribution in [2.45, 2.75) is 37.4 Å². The molecule has 1 aliphatic carbocycles. The molecule has 3 N–H and O–H groups in total. The number of nitrogens with one attached hydrogen (secondary N) is 1. The summed E-state index contributed by atoms with van der Waals surface area (Å²) in [6, 6.07) is 6.65. The number of hydrogen-bond acceptors (Lipinski definition) is 5. The first-order chi connectivity index (χ1) is 16.7. The number of anilines is 1. The summed E-state index contributed by atoms with van der Waals surface area (Å²) in [6.45, 7) is 0.559. The number of aromatic nitrogens is 2. The van der Waals surface area contributed by atoms with Crippen LogP contribution in [0.5, 0.6) is 0 Å². The van der Waals surface area contributed by atoms with Crippen molar-refractivity contribution < 1.29 is 32.6 Å². The van der Waals surface area contributed by atoms with E-state index in [2.05, 4.69) is 15.3 Å². The molecule has 35 heavy (non-hydrogen) atoms. The Morgan fingerprint density at radius 1 is 1.11 bits per heavy atom. The molecule has 2 aromatic heterocycles. The summed E-state index contributed by atoms with van der Waals surface area (Å²) in [5, 5.41) is 23.4. The predicted molar refractivity (Wildman–Crippen MR) is 120 cm³/mol. The van der Waals surface area contributed by atoms with Gasteiger partial charge in [0.25, 0.3) is 5.91 Å². The van der Waals surface area contributed by atoms with E-state index < -0.39 is 58.9 Å². The quantitative estimate of drug-likeness (QED) is 0.462. The van der Waals surface area contributed by atoms with Gasteiger partial charge in [0.05, 0.1) is 23.6 Å². The third-order valence-electron chi connectivity index (χ3n) is 6.61. The second-order valence-corrected chi connectivity index (χ2v) is 8.75. The van der Waals surface area contributed by atoms with Gasteiger partial charge in [-0.25, -0.2) is 22.5 Å². The summed E-state index contributed by atoms with van der Waals surface area (Å²) in [4.78, 5) is 20.8. The Kier molecular flexibility index (Phi) is 6.86. The summed E-state index contributed by atoms with van der Waals surface area (Å²) in [6.07, 6.45) is 1.96. The van der Waals surface area contributed by atoms with E-state index in [4.69, 9.17) is 0 Å². The van der Waals surface area contributed by atoms with Crippen LogP contribution in [0.15, 0.2) is 48.8 Å². The lowest BCUT2D eigenvalue weighted by molar-refractivity contribution is -0.146. The molecule has 0 radical (unpaired) electrons. The molecule has 2 heterocycles. The lowest BCUT2D eigenvalue weighted by atomic mass is 9.68. The largest absolute Gasteiger partial charge is 0.390 e. The van der Waals surface area contributed by atoms with Gasteiger partial charge in [0.15, 0.2) is 0 Å². The molecule has 1 aromatic carbocycles. The molecule has 0 bridgehead atoms. The second-order valence-electron chi connectivity index (χ2n) is 8.75. The molecule has 6 nitrogen and oxygen atoms in total. The van der Waals surface area contributed by atoms with Crippen LogP contribution in [0.3, 0.4) is 0 Å². The van der Waals surface area contributed by atoms with Gasteiger partial charge >= 0.3 is 0 Å². The van der Waals surface area contributed by atoms with Crippen LogP contribution in [-0.2, 0) is 0 Å². The standard InChI is InChI=1S/C25H23F4N3O3/c1-13-9-14(10-21(33)25(13,35)12-26)15-7-8-30-11-20(15)32-24(34)19-6-5-18(29)23(31-19)22-16(27)3-2-4-17(22)28/h2-8,11,13-14,21,33,35H,9-10,12H2,1H3,(H,32,34)/t13-,14+,21+,25+/m1/s1. The Bertz CT molecular complexity index is 1220. The number of rotatable bonds is 5. The van der Waals surface area contributed by atoms with Gasteiger partial charge in [-0.2, -0.15) is 0 Å². The fourth-order valence-electron chi connectivity index (χ4n) is 4.52. The van der Waals surface area contributed by atoms with Crippen LogP contribution in [0.2, 0.25) is 0 Å². The number of amides is 1. The SMILES string of the molecule is C[C@@H]1C[C@H](c2ccncc2NC(=O)c2ccc(F)c(-c3c(F)cccc3F)n2)C[C@H](O)[C@]1(O)CF. The fraction of sp³-hybridized carbons (Fsp3) is 0.320. The number of carbonyl (C=O) groups excluding carboxylic acids is 1. The number of hydrogen-bond donors (Lipinski definition) is 3. The molecule has 0 aliphatic heterocycles.